The van der Waals surface area contributed by atoms with Gasteiger partial charge in [-0.2, -0.15) is 0 Å². The number of hydrogen-bond acceptors (Lipinski definition) is 7. The number of benzene rings is 1. The maximum Gasteiger partial charge on any atom is 0.409 e. The highest BCUT2D eigenvalue weighted by Crippen LogP contribution is 2.43. The number of sulfone groups is 1. The number of thiophene rings is 1. The highest BCUT2D eigenvalue weighted by atomic mass is 32.2. The Morgan fingerprint density at radius 3 is 2.48 bits per heavy atom. The largest absolute Gasteiger partial charge is 0.496 e. The molecule has 0 bridgehead atoms. The first kappa shape index (κ1) is 23.1. The Morgan fingerprint density at radius 1 is 1.16 bits per heavy atom. The molecule has 3 rings (SSSR count). The Labute approximate surface area is 186 Å². The van der Waals surface area contributed by atoms with Gasteiger partial charge in [-0.25, -0.2) is 13.2 Å². The summed E-state index contributed by atoms with van der Waals surface area (Å²) in [5.74, 6) is -0.666. The fourth-order valence-corrected chi connectivity index (χ4v) is 6.92. The molecule has 2 aromatic rings. The minimum absolute atomic E-state index is 0.235. The summed E-state index contributed by atoms with van der Waals surface area (Å²) in [5, 5.41) is 4.38. The molecule has 0 saturated carbocycles. The minimum Gasteiger partial charge on any atom is -0.496 e. The van der Waals surface area contributed by atoms with Crippen LogP contribution in [-0.4, -0.2) is 58.0 Å². The van der Waals surface area contributed by atoms with Crippen molar-refractivity contribution in [1.29, 1.82) is 0 Å². The molecule has 10 heteroatoms. The Kier molecular flexibility index (Phi) is 7.22. The molecule has 168 valence electrons. The number of rotatable bonds is 7. The summed E-state index contributed by atoms with van der Waals surface area (Å²) < 4.78 is 36.1. The zero-order chi connectivity index (χ0) is 22.5. The number of nitrogens with zero attached hydrogens (tertiary/aromatic N) is 1. The molecule has 1 aliphatic heterocycles. The van der Waals surface area contributed by atoms with Gasteiger partial charge in [0.2, 0.25) is 0 Å². The number of likely N-dealkylation sites (tertiary alicyclic amines) is 1. The van der Waals surface area contributed by atoms with E-state index in [1.807, 2.05) is 11.4 Å². The lowest BCUT2D eigenvalue weighted by molar-refractivity contribution is 0.0942. The van der Waals surface area contributed by atoms with Crippen molar-refractivity contribution < 1.29 is 27.5 Å². The van der Waals surface area contributed by atoms with Gasteiger partial charge in [-0.05, 0) is 43.3 Å². The lowest BCUT2D eigenvalue weighted by Gasteiger charge is -2.40. The van der Waals surface area contributed by atoms with Crippen LogP contribution < -0.4 is 10.1 Å². The standard InChI is InChI=1S/C21H26N2O6S2/c1-3-29-20(25)23-12-10-21(11-13-23,18-9-6-14-30-18)31(26,27)15-22-19(24)16-7-4-5-8-17(16)28-2/h4-9,14H,3,10-13,15H2,1-2H3,(H,22,24). The topological polar surface area (TPSA) is 102 Å². The van der Waals surface area contributed by atoms with Crippen molar-refractivity contribution in [1.82, 2.24) is 10.2 Å². The van der Waals surface area contributed by atoms with Gasteiger partial charge in [0.25, 0.3) is 5.91 Å². The second-order valence-corrected chi connectivity index (χ2v) is 10.4. The molecule has 8 nitrogen and oxygen atoms in total. The van der Waals surface area contributed by atoms with Gasteiger partial charge >= 0.3 is 6.09 Å². The van der Waals surface area contributed by atoms with E-state index in [0.29, 0.717) is 10.6 Å². The molecule has 1 aromatic carbocycles. The molecule has 1 saturated heterocycles. The van der Waals surface area contributed by atoms with Crippen LogP contribution >= 0.6 is 11.3 Å². The van der Waals surface area contributed by atoms with Crippen molar-refractivity contribution in [2.24, 2.45) is 0 Å². The van der Waals surface area contributed by atoms with Gasteiger partial charge < -0.3 is 19.7 Å². The van der Waals surface area contributed by atoms with E-state index in [4.69, 9.17) is 9.47 Å². The Hall–Kier alpha value is -2.59. The lowest BCUT2D eigenvalue weighted by Crippen LogP contribution is -2.51. The number of carbonyl (C=O) groups excluding carboxylic acids is 2. The van der Waals surface area contributed by atoms with Crippen LogP contribution in [0.15, 0.2) is 41.8 Å². The Bertz CT molecular complexity index is 1010. The first-order valence-corrected chi connectivity index (χ1v) is 12.5. The van der Waals surface area contributed by atoms with Crippen molar-refractivity contribution >= 4 is 33.2 Å². The van der Waals surface area contributed by atoms with Gasteiger partial charge in [-0.15, -0.1) is 11.3 Å². The summed E-state index contributed by atoms with van der Waals surface area (Å²) in [6.45, 7) is 2.51. The number of methoxy groups -OCH3 is 1. The molecule has 31 heavy (non-hydrogen) atoms. The quantitative estimate of drug-likeness (QED) is 0.673. The fourth-order valence-electron chi connectivity index (χ4n) is 3.74. The minimum atomic E-state index is -3.79. The van der Waals surface area contributed by atoms with Crippen LogP contribution in [0.4, 0.5) is 4.79 Å². The molecule has 2 heterocycles. The highest BCUT2D eigenvalue weighted by Gasteiger charge is 2.49. The fraction of sp³-hybridized carbons (Fsp3) is 0.429. The van der Waals surface area contributed by atoms with Gasteiger partial charge in [0.05, 0.1) is 19.3 Å². The molecule has 1 aromatic heterocycles. The second kappa shape index (κ2) is 9.69. The first-order valence-electron chi connectivity index (χ1n) is 9.94. The average molecular weight is 467 g/mol. The summed E-state index contributed by atoms with van der Waals surface area (Å²) in [5.41, 5.74) is 0.266. The third-order valence-corrected chi connectivity index (χ3v) is 8.98. The molecule has 2 amide bonds. The van der Waals surface area contributed by atoms with Crippen LogP contribution in [0.5, 0.6) is 5.75 Å². The summed E-state index contributed by atoms with van der Waals surface area (Å²) in [7, 11) is -2.34. The lowest BCUT2D eigenvalue weighted by atomic mass is 9.94. The zero-order valence-electron chi connectivity index (χ0n) is 17.5. The molecular formula is C21H26N2O6S2. The van der Waals surface area contributed by atoms with Gasteiger partial charge in [0.15, 0.2) is 9.84 Å². The smallest absolute Gasteiger partial charge is 0.409 e. The van der Waals surface area contributed by atoms with Gasteiger partial charge in [0.1, 0.15) is 16.4 Å². The summed E-state index contributed by atoms with van der Waals surface area (Å²) in [6, 6.07) is 10.2. The van der Waals surface area contributed by atoms with Gasteiger partial charge in [-0.1, -0.05) is 18.2 Å². The molecule has 0 radical (unpaired) electrons. The SMILES string of the molecule is CCOC(=O)N1CCC(c2cccs2)(S(=O)(=O)CNC(=O)c2ccccc2OC)CC1. The second-order valence-electron chi connectivity index (χ2n) is 7.12. The number of ether oxygens (including phenoxy) is 2. The Morgan fingerprint density at radius 2 is 1.87 bits per heavy atom. The Balaban J connectivity index is 1.80. The normalized spacial score (nSPS) is 15.9. The number of para-hydroxylation sites is 1. The van der Waals surface area contributed by atoms with Crippen molar-refractivity contribution in [2.75, 3.05) is 32.7 Å². The highest BCUT2D eigenvalue weighted by molar-refractivity contribution is 7.92. The van der Waals surface area contributed by atoms with Crippen LogP contribution in [0.1, 0.15) is 35.0 Å². The summed E-state index contributed by atoms with van der Waals surface area (Å²) >= 11 is 1.37. The number of carbonyl (C=O) groups is 2. The number of amides is 2. The molecule has 0 spiro atoms. The number of piperidine rings is 1. The van der Waals surface area contributed by atoms with Crippen molar-refractivity contribution in [2.45, 2.75) is 24.5 Å². The van der Waals surface area contributed by atoms with E-state index in [1.165, 1.54) is 23.3 Å². The predicted molar refractivity (Wildman–Crippen MR) is 118 cm³/mol. The molecular weight excluding hydrogens is 440 g/mol. The predicted octanol–water partition coefficient (Wildman–Crippen LogP) is 3.01. The van der Waals surface area contributed by atoms with Crippen LogP contribution in [0.25, 0.3) is 0 Å². The van der Waals surface area contributed by atoms with E-state index in [1.54, 1.807) is 37.3 Å². The molecule has 0 atom stereocenters. The monoisotopic (exact) mass is 466 g/mol. The molecule has 0 aliphatic carbocycles. The maximum absolute atomic E-state index is 13.5. The van der Waals surface area contributed by atoms with Gasteiger partial charge in [-0.3, -0.25) is 4.79 Å². The third-order valence-electron chi connectivity index (χ3n) is 5.44. The van der Waals surface area contributed by atoms with Crippen molar-refractivity contribution in [3.8, 4) is 5.75 Å². The zero-order valence-corrected chi connectivity index (χ0v) is 19.1. The molecule has 1 fully saturated rings. The van der Waals surface area contributed by atoms with Gasteiger partial charge in [0, 0.05) is 18.0 Å². The van der Waals surface area contributed by atoms with E-state index in [0.717, 1.165) is 0 Å². The van der Waals surface area contributed by atoms with Crippen molar-refractivity contribution in [3.63, 3.8) is 0 Å². The maximum atomic E-state index is 13.5. The van der Waals surface area contributed by atoms with Crippen LogP contribution in [-0.2, 0) is 19.3 Å². The molecule has 0 unspecified atom stereocenters. The van der Waals surface area contributed by atoms with Crippen LogP contribution in [0, 0.1) is 0 Å². The molecule has 1 N–H and O–H groups in total. The summed E-state index contributed by atoms with van der Waals surface area (Å²) in [6.07, 6.45) is 0.0300. The van der Waals surface area contributed by atoms with E-state index >= 15 is 0 Å². The van der Waals surface area contributed by atoms with Crippen molar-refractivity contribution in [3.05, 3.63) is 52.2 Å². The first-order chi connectivity index (χ1) is 14.8. The molecule has 1 aliphatic rings. The summed E-state index contributed by atoms with van der Waals surface area (Å²) in [4.78, 5) is 26.9. The van der Waals surface area contributed by atoms with E-state index in [9.17, 15) is 18.0 Å². The third kappa shape index (κ3) is 4.69. The van der Waals surface area contributed by atoms with E-state index in [2.05, 4.69) is 5.32 Å². The average Bonchev–Trinajstić information content (AvgIpc) is 3.33. The number of nitrogens with one attached hydrogen (secondary N) is 1. The van der Waals surface area contributed by atoms with Crippen LogP contribution in [0.2, 0.25) is 0 Å². The number of hydrogen-bond donors (Lipinski definition) is 1. The van der Waals surface area contributed by atoms with E-state index in [-0.39, 0.29) is 38.1 Å². The van der Waals surface area contributed by atoms with E-state index < -0.39 is 32.5 Å². The van der Waals surface area contributed by atoms with Crippen LogP contribution in [0.3, 0.4) is 0 Å².